The van der Waals surface area contributed by atoms with Crippen LogP contribution in [0.2, 0.25) is 0 Å². The number of nitrogens with one attached hydrogen (secondary N) is 1. The number of nitriles is 1. The van der Waals surface area contributed by atoms with Gasteiger partial charge in [0.05, 0.1) is 24.2 Å². The van der Waals surface area contributed by atoms with Gasteiger partial charge in [-0.2, -0.15) is 5.26 Å². The normalized spacial score (nSPS) is 28.7. The number of anilines is 1. The van der Waals surface area contributed by atoms with Crippen molar-refractivity contribution in [1.29, 1.82) is 5.26 Å². The molecule has 3 saturated carbocycles. The molecule has 3 aliphatic rings. The molecule has 1 N–H and O–H groups in total. The van der Waals surface area contributed by atoms with Gasteiger partial charge in [-0.25, -0.2) is 0 Å². The van der Waals surface area contributed by atoms with Gasteiger partial charge in [-0.05, 0) is 62.8 Å². The highest BCUT2D eigenvalue weighted by molar-refractivity contribution is 5.96. The zero-order chi connectivity index (χ0) is 16.5. The second kappa shape index (κ2) is 5.69. The molecule has 3 fully saturated rings. The van der Waals surface area contributed by atoms with E-state index in [2.05, 4.69) is 11.4 Å². The van der Waals surface area contributed by atoms with Crippen molar-refractivity contribution in [2.45, 2.75) is 38.5 Å². The van der Waals surface area contributed by atoms with Gasteiger partial charge in [-0.3, -0.25) is 9.59 Å². The van der Waals surface area contributed by atoms with Crippen molar-refractivity contribution in [2.75, 3.05) is 12.4 Å². The molecule has 120 valence electrons. The minimum absolute atomic E-state index is 0.0281. The summed E-state index contributed by atoms with van der Waals surface area (Å²) in [4.78, 5) is 24.8. The Morgan fingerprint density at radius 1 is 1.04 bits per heavy atom. The quantitative estimate of drug-likeness (QED) is 0.870. The van der Waals surface area contributed by atoms with Gasteiger partial charge >= 0.3 is 5.97 Å². The van der Waals surface area contributed by atoms with Crippen LogP contribution in [-0.2, 0) is 14.3 Å². The molecule has 0 unspecified atom stereocenters. The molecule has 0 radical (unpaired) electrons. The summed E-state index contributed by atoms with van der Waals surface area (Å²) >= 11 is 0. The fourth-order valence-corrected chi connectivity index (χ4v) is 3.94. The van der Waals surface area contributed by atoms with Gasteiger partial charge in [0.2, 0.25) is 5.91 Å². The average Bonchev–Trinajstić information content (AvgIpc) is 2.63. The molecule has 1 aromatic carbocycles. The number of carbonyl (C=O) groups excluding carboxylic acids is 2. The summed E-state index contributed by atoms with van der Waals surface area (Å²) in [6.45, 7) is 0. The minimum atomic E-state index is -0.371. The lowest BCUT2D eigenvalue weighted by Crippen LogP contribution is -2.51. The highest BCUT2D eigenvalue weighted by Crippen LogP contribution is 2.57. The zero-order valence-corrected chi connectivity index (χ0v) is 13.2. The number of benzene rings is 1. The number of methoxy groups -OCH3 is 1. The molecule has 0 aliphatic heterocycles. The van der Waals surface area contributed by atoms with E-state index in [1.54, 1.807) is 24.3 Å². The fraction of sp³-hybridized carbons (Fsp3) is 0.500. The molecule has 3 aliphatic carbocycles. The van der Waals surface area contributed by atoms with Gasteiger partial charge in [0.1, 0.15) is 0 Å². The maximum absolute atomic E-state index is 12.8. The summed E-state index contributed by atoms with van der Waals surface area (Å²) in [6, 6.07) is 8.94. The second-order valence-electron chi connectivity index (χ2n) is 6.70. The van der Waals surface area contributed by atoms with Gasteiger partial charge < -0.3 is 10.1 Å². The largest absolute Gasteiger partial charge is 0.469 e. The van der Waals surface area contributed by atoms with E-state index in [4.69, 9.17) is 10.00 Å². The van der Waals surface area contributed by atoms with Crippen molar-refractivity contribution in [3.63, 3.8) is 0 Å². The van der Waals surface area contributed by atoms with Crippen LogP contribution in [0.5, 0.6) is 0 Å². The van der Waals surface area contributed by atoms with Crippen molar-refractivity contribution in [2.24, 2.45) is 10.8 Å². The van der Waals surface area contributed by atoms with Crippen LogP contribution in [-0.4, -0.2) is 19.0 Å². The van der Waals surface area contributed by atoms with Crippen LogP contribution in [0.15, 0.2) is 24.3 Å². The smallest absolute Gasteiger partial charge is 0.311 e. The van der Waals surface area contributed by atoms with Crippen LogP contribution >= 0.6 is 0 Å². The molecule has 0 aromatic heterocycles. The first-order valence-corrected chi connectivity index (χ1v) is 7.94. The first kappa shape index (κ1) is 15.5. The SMILES string of the molecule is COC(=O)C12CCC(C(=O)Nc3ccc(C#N)cc3)(CC1)CC2. The van der Waals surface area contributed by atoms with Gasteiger partial charge in [0.15, 0.2) is 0 Å². The summed E-state index contributed by atoms with van der Waals surface area (Å²) in [5.41, 5.74) is 0.535. The summed E-state index contributed by atoms with van der Waals surface area (Å²) in [7, 11) is 1.44. The molecule has 1 amide bonds. The lowest BCUT2D eigenvalue weighted by molar-refractivity contribution is -0.165. The lowest BCUT2D eigenvalue weighted by atomic mass is 9.53. The van der Waals surface area contributed by atoms with Gasteiger partial charge in [-0.15, -0.1) is 0 Å². The Morgan fingerprint density at radius 2 is 1.57 bits per heavy atom. The van der Waals surface area contributed by atoms with E-state index in [-0.39, 0.29) is 22.7 Å². The van der Waals surface area contributed by atoms with Crippen LogP contribution in [0.1, 0.15) is 44.1 Å². The molecule has 0 atom stereocenters. The summed E-state index contributed by atoms with van der Waals surface area (Å²) in [6.07, 6.45) is 4.35. The number of amides is 1. The maximum atomic E-state index is 12.8. The number of esters is 1. The number of nitrogens with zero attached hydrogens (tertiary/aromatic N) is 1. The van der Waals surface area contributed by atoms with Gasteiger partial charge in [0, 0.05) is 11.1 Å². The number of carbonyl (C=O) groups is 2. The molecule has 0 heterocycles. The Balaban J connectivity index is 1.69. The Morgan fingerprint density at radius 3 is 2.04 bits per heavy atom. The number of hydrogen-bond donors (Lipinski definition) is 1. The molecular formula is C18H20N2O3. The predicted octanol–water partition coefficient (Wildman–Crippen LogP) is 3.01. The predicted molar refractivity (Wildman–Crippen MR) is 84.4 cm³/mol. The summed E-state index contributed by atoms with van der Waals surface area (Å²) in [5, 5.41) is 11.8. The third kappa shape index (κ3) is 2.59. The van der Waals surface area contributed by atoms with E-state index >= 15 is 0 Å². The van der Waals surface area contributed by atoms with E-state index in [1.807, 2.05) is 0 Å². The molecule has 5 nitrogen and oxygen atoms in total. The monoisotopic (exact) mass is 312 g/mol. The number of rotatable bonds is 3. The Labute approximate surface area is 135 Å². The maximum Gasteiger partial charge on any atom is 0.311 e. The van der Waals surface area contributed by atoms with Crippen molar-refractivity contribution in [1.82, 2.24) is 0 Å². The van der Waals surface area contributed by atoms with E-state index in [0.29, 0.717) is 11.3 Å². The van der Waals surface area contributed by atoms with Gasteiger partial charge in [-0.1, -0.05) is 0 Å². The average molecular weight is 312 g/mol. The molecule has 1 aromatic rings. The Kier molecular flexibility index (Phi) is 3.85. The molecule has 0 spiro atoms. The highest BCUT2D eigenvalue weighted by Gasteiger charge is 2.55. The summed E-state index contributed by atoms with van der Waals surface area (Å²) in [5.74, 6) is -0.0985. The van der Waals surface area contributed by atoms with Crippen LogP contribution in [0.25, 0.3) is 0 Å². The van der Waals surface area contributed by atoms with E-state index in [9.17, 15) is 9.59 Å². The fourth-order valence-electron chi connectivity index (χ4n) is 3.94. The van der Waals surface area contributed by atoms with E-state index in [0.717, 1.165) is 38.5 Å². The number of hydrogen-bond acceptors (Lipinski definition) is 4. The minimum Gasteiger partial charge on any atom is -0.469 e. The lowest BCUT2D eigenvalue weighted by Gasteiger charge is -2.50. The Hall–Kier alpha value is -2.35. The van der Waals surface area contributed by atoms with Crippen molar-refractivity contribution in [3.8, 4) is 6.07 Å². The van der Waals surface area contributed by atoms with Crippen molar-refractivity contribution < 1.29 is 14.3 Å². The van der Waals surface area contributed by atoms with E-state index < -0.39 is 0 Å². The molecule has 4 rings (SSSR count). The molecule has 2 bridgehead atoms. The van der Waals surface area contributed by atoms with Crippen LogP contribution < -0.4 is 5.32 Å². The highest BCUT2D eigenvalue weighted by atomic mass is 16.5. The van der Waals surface area contributed by atoms with Crippen molar-refractivity contribution >= 4 is 17.6 Å². The molecular weight excluding hydrogens is 292 g/mol. The van der Waals surface area contributed by atoms with Crippen LogP contribution in [0.3, 0.4) is 0 Å². The number of fused-ring (bicyclic) bond motifs is 3. The summed E-state index contributed by atoms with van der Waals surface area (Å²) < 4.78 is 4.95. The molecule has 0 saturated heterocycles. The van der Waals surface area contributed by atoms with E-state index in [1.165, 1.54) is 7.11 Å². The van der Waals surface area contributed by atoms with Gasteiger partial charge in [0.25, 0.3) is 0 Å². The third-order valence-electron chi connectivity index (χ3n) is 5.62. The zero-order valence-electron chi connectivity index (χ0n) is 13.2. The number of ether oxygens (including phenoxy) is 1. The molecule has 23 heavy (non-hydrogen) atoms. The Bertz CT molecular complexity index is 648. The second-order valence-corrected chi connectivity index (χ2v) is 6.70. The standard InChI is InChI=1S/C18H20N2O3/c1-23-16(22)18-9-6-17(7-10-18,8-11-18)15(21)20-14-4-2-13(12-19)3-5-14/h2-5H,6-11H2,1H3,(H,20,21). The first-order chi connectivity index (χ1) is 11.0. The molecule has 5 heteroatoms. The third-order valence-corrected chi connectivity index (χ3v) is 5.62. The van der Waals surface area contributed by atoms with Crippen LogP contribution in [0, 0.1) is 22.2 Å². The van der Waals surface area contributed by atoms with Crippen molar-refractivity contribution in [3.05, 3.63) is 29.8 Å². The topological polar surface area (TPSA) is 79.2 Å². The van der Waals surface area contributed by atoms with Crippen LogP contribution in [0.4, 0.5) is 5.69 Å². The first-order valence-electron chi connectivity index (χ1n) is 7.94.